The van der Waals surface area contributed by atoms with Crippen LogP contribution >= 0.6 is 0 Å². The molecule has 0 heterocycles. The van der Waals surface area contributed by atoms with Crippen molar-refractivity contribution in [1.82, 2.24) is 0 Å². The smallest absolute Gasteiger partial charge is 0.0246 e. The van der Waals surface area contributed by atoms with Crippen LogP contribution in [0.2, 0.25) is 0 Å². The molecule has 2 N–H and O–H groups in total. The third-order valence-electron chi connectivity index (χ3n) is 9.05. The fourth-order valence-electron chi connectivity index (χ4n) is 6.95. The van der Waals surface area contributed by atoms with Crippen LogP contribution in [-0.2, 0) is 0 Å². The molecule has 3 aliphatic carbocycles. The van der Waals surface area contributed by atoms with Crippen molar-refractivity contribution in [3.8, 4) is 0 Å². The molecule has 0 radical (unpaired) electrons. The van der Waals surface area contributed by atoms with Crippen LogP contribution in [0.5, 0.6) is 0 Å². The molecule has 0 aliphatic heterocycles. The van der Waals surface area contributed by atoms with Crippen molar-refractivity contribution in [3.05, 3.63) is 12.2 Å². The molecule has 0 spiro atoms. The van der Waals surface area contributed by atoms with Crippen LogP contribution in [0, 0.1) is 28.6 Å². The third kappa shape index (κ3) is 2.53. The van der Waals surface area contributed by atoms with Crippen LogP contribution in [0.15, 0.2) is 12.2 Å². The van der Waals surface area contributed by atoms with E-state index in [1.807, 2.05) is 0 Å². The Labute approximate surface area is 144 Å². The zero-order valence-electron chi connectivity index (χ0n) is 16.1. The summed E-state index contributed by atoms with van der Waals surface area (Å²) in [5, 5.41) is 0. The van der Waals surface area contributed by atoms with Crippen molar-refractivity contribution in [1.29, 1.82) is 0 Å². The van der Waals surface area contributed by atoms with E-state index >= 15 is 0 Å². The van der Waals surface area contributed by atoms with E-state index < -0.39 is 0 Å². The van der Waals surface area contributed by atoms with E-state index in [1.54, 1.807) is 0 Å². The van der Waals surface area contributed by atoms with Crippen molar-refractivity contribution in [2.45, 2.75) is 97.4 Å². The number of fused-ring (bicyclic) bond motifs is 1. The topological polar surface area (TPSA) is 26.0 Å². The maximum absolute atomic E-state index is 7.02. The highest BCUT2D eigenvalue weighted by Gasteiger charge is 2.56. The molecule has 0 aromatic rings. The molecule has 1 heteroatoms. The van der Waals surface area contributed by atoms with Crippen LogP contribution in [0.1, 0.15) is 91.9 Å². The normalized spacial score (nSPS) is 50.8. The minimum absolute atomic E-state index is 0.0243. The maximum atomic E-state index is 7.02. The number of hydrogen-bond acceptors (Lipinski definition) is 1. The first-order valence-corrected chi connectivity index (χ1v) is 10.2. The number of nitrogens with two attached hydrogens (primary N) is 1. The van der Waals surface area contributed by atoms with Crippen molar-refractivity contribution < 1.29 is 0 Å². The Balaban J connectivity index is 1.82. The first kappa shape index (κ1) is 17.5. The van der Waals surface area contributed by atoms with Gasteiger partial charge in [0.25, 0.3) is 0 Å². The van der Waals surface area contributed by atoms with Crippen LogP contribution < -0.4 is 5.73 Å². The minimum atomic E-state index is -0.0243. The minimum Gasteiger partial charge on any atom is -0.324 e. The SMILES string of the molecule is C=C1CCC(C)(C2CCC3(C)C(CC)CCC3C2)C(N)(CC)C1. The molecule has 0 saturated heterocycles. The van der Waals surface area contributed by atoms with Crippen molar-refractivity contribution in [3.63, 3.8) is 0 Å². The van der Waals surface area contributed by atoms with Gasteiger partial charge in [-0.25, -0.2) is 0 Å². The fourth-order valence-corrected chi connectivity index (χ4v) is 6.95. The van der Waals surface area contributed by atoms with Gasteiger partial charge in [-0.05, 0) is 86.4 Å². The fraction of sp³-hybridized carbons (Fsp3) is 0.909. The Bertz CT molecular complexity index is 469. The van der Waals surface area contributed by atoms with Crippen LogP contribution in [-0.4, -0.2) is 5.54 Å². The lowest BCUT2D eigenvalue weighted by Gasteiger charge is -2.58. The Kier molecular flexibility index (Phi) is 4.49. The summed E-state index contributed by atoms with van der Waals surface area (Å²) in [5.74, 6) is 2.75. The average molecular weight is 318 g/mol. The van der Waals surface area contributed by atoms with Gasteiger partial charge in [0.05, 0.1) is 0 Å². The molecular formula is C22H39N. The van der Waals surface area contributed by atoms with E-state index in [9.17, 15) is 0 Å². The summed E-state index contributed by atoms with van der Waals surface area (Å²) in [6.07, 6.45) is 13.2. The quantitative estimate of drug-likeness (QED) is 0.627. The van der Waals surface area contributed by atoms with Gasteiger partial charge in [0.1, 0.15) is 0 Å². The van der Waals surface area contributed by atoms with Gasteiger partial charge in [-0.1, -0.05) is 46.3 Å². The van der Waals surface area contributed by atoms with Gasteiger partial charge in [0, 0.05) is 5.54 Å². The highest BCUT2D eigenvalue weighted by molar-refractivity contribution is 5.17. The second kappa shape index (κ2) is 5.90. The van der Waals surface area contributed by atoms with Crippen LogP contribution in [0.25, 0.3) is 0 Å². The molecule has 3 fully saturated rings. The first-order valence-electron chi connectivity index (χ1n) is 10.2. The summed E-state index contributed by atoms with van der Waals surface area (Å²) in [7, 11) is 0. The van der Waals surface area contributed by atoms with E-state index in [0.29, 0.717) is 10.8 Å². The zero-order valence-corrected chi connectivity index (χ0v) is 16.1. The highest BCUT2D eigenvalue weighted by atomic mass is 14.8. The second-order valence-corrected chi connectivity index (χ2v) is 9.71. The van der Waals surface area contributed by atoms with Crippen molar-refractivity contribution >= 4 is 0 Å². The van der Waals surface area contributed by atoms with Gasteiger partial charge in [0.15, 0.2) is 0 Å². The zero-order chi connectivity index (χ0) is 16.9. The van der Waals surface area contributed by atoms with Gasteiger partial charge in [-0.3, -0.25) is 0 Å². The standard InChI is InChI=1S/C22H39N/c1-6-17-8-9-18-14-19(11-12-20(17,18)4)21(5)13-10-16(3)15-22(21,23)7-2/h17-19H,3,6-15,23H2,1-2,4-5H3. The molecule has 0 aromatic carbocycles. The lowest BCUT2D eigenvalue weighted by Crippen LogP contribution is -2.60. The highest BCUT2D eigenvalue weighted by Crippen LogP contribution is 2.63. The molecule has 3 aliphatic rings. The van der Waals surface area contributed by atoms with Crippen LogP contribution in [0.4, 0.5) is 0 Å². The first-order chi connectivity index (χ1) is 10.8. The maximum Gasteiger partial charge on any atom is 0.0246 e. The number of rotatable bonds is 3. The van der Waals surface area contributed by atoms with E-state index in [4.69, 9.17) is 5.73 Å². The van der Waals surface area contributed by atoms with Gasteiger partial charge < -0.3 is 5.73 Å². The van der Waals surface area contributed by atoms with Gasteiger partial charge >= 0.3 is 0 Å². The molecule has 1 nitrogen and oxygen atoms in total. The van der Waals surface area contributed by atoms with Crippen LogP contribution in [0.3, 0.4) is 0 Å². The molecular weight excluding hydrogens is 278 g/mol. The third-order valence-corrected chi connectivity index (χ3v) is 9.05. The predicted molar refractivity (Wildman–Crippen MR) is 100 cm³/mol. The lowest BCUT2D eigenvalue weighted by atomic mass is 9.49. The molecule has 0 bridgehead atoms. The van der Waals surface area contributed by atoms with E-state index in [2.05, 4.69) is 34.3 Å². The summed E-state index contributed by atoms with van der Waals surface area (Å²) in [4.78, 5) is 0. The summed E-state index contributed by atoms with van der Waals surface area (Å²) >= 11 is 0. The molecule has 23 heavy (non-hydrogen) atoms. The number of hydrogen-bond donors (Lipinski definition) is 1. The van der Waals surface area contributed by atoms with Gasteiger partial charge in [-0.2, -0.15) is 0 Å². The molecule has 132 valence electrons. The van der Waals surface area contributed by atoms with Crippen molar-refractivity contribution in [2.24, 2.45) is 34.3 Å². The molecule has 3 rings (SSSR count). The van der Waals surface area contributed by atoms with Gasteiger partial charge in [-0.15, -0.1) is 0 Å². The molecule has 3 saturated carbocycles. The lowest BCUT2D eigenvalue weighted by molar-refractivity contribution is -0.0365. The monoisotopic (exact) mass is 317 g/mol. The summed E-state index contributed by atoms with van der Waals surface area (Å²) in [6.45, 7) is 14.1. The summed E-state index contributed by atoms with van der Waals surface area (Å²) in [5.41, 5.74) is 9.33. The summed E-state index contributed by atoms with van der Waals surface area (Å²) in [6, 6.07) is 0. The predicted octanol–water partition coefficient (Wildman–Crippen LogP) is 6.08. The van der Waals surface area contributed by atoms with E-state index in [-0.39, 0.29) is 5.54 Å². The molecule has 0 amide bonds. The Morgan fingerprint density at radius 3 is 2.48 bits per heavy atom. The van der Waals surface area contributed by atoms with Crippen molar-refractivity contribution in [2.75, 3.05) is 0 Å². The average Bonchev–Trinajstić information content (AvgIpc) is 2.86. The van der Waals surface area contributed by atoms with Gasteiger partial charge in [0.2, 0.25) is 0 Å². The molecule has 6 atom stereocenters. The Morgan fingerprint density at radius 2 is 1.83 bits per heavy atom. The Morgan fingerprint density at radius 1 is 1.09 bits per heavy atom. The van der Waals surface area contributed by atoms with E-state index in [1.165, 1.54) is 56.9 Å². The van der Waals surface area contributed by atoms with E-state index in [0.717, 1.165) is 30.6 Å². The largest absolute Gasteiger partial charge is 0.324 e. The summed E-state index contributed by atoms with van der Waals surface area (Å²) < 4.78 is 0. The molecule has 0 aromatic heterocycles. The molecule has 6 unspecified atom stereocenters. The Hall–Kier alpha value is -0.300. The second-order valence-electron chi connectivity index (χ2n) is 9.71.